The smallest absolute Gasteiger partial charge is 0.139 e. The molecule has 3 heteroatoms. The third kappa shape index (κ3) is 1.84. The van der Waals surface area contributed by atoms with Crippen LogP contribution in [0.3, 0.4) is 0 Å². The van der Waals surface area contributed by atoms with E-state index in [4.69, 9.17) is 0 Å². The van der Waals surface area contributed by atoms with Crippen molar-refractivity contribution in [3.8, 4) is 5.82 Å². The quantitative estimate of drug-likeness (QED) is 0.770. The second kappa shape index (κ2) is 3.81. The molecular formula is C12H13BrN2. The van der Waals surface area contributed by atoms with Gasteiger partial charge in [-0.05, 0) is 60.5 Å². The molecule has 2 nitrogen and oxygen atoms in total. The molecule has 2 aromatic rings. The van der Waals surface area contributed by atoms with Crippen LogP contribution in [0.1, 0.15) is 17.0 Å². The lowest BCUT2D eigenvalue weighted by Crippen LogP contribution is -2.03. The van der Waals surface area contributed by atoms with Crippen molar-refractivity contribution in [2.24, 2.45) is 0 Å². The Labute approximate surface area is 98.1 Å². The first-order valence-corrected chi connectivity index (χ1v) is 5.66. The minimum Gasteiger partial charge on any atom is -0.303 e. The van der Waals surface area contributed by atoms with Crippen LogP contribution in [-0.4, -0.2) is 9.55 Å². The third-order valence-electron chi connectivity index (χ3n) is 2.50. The Hall–Kier alpha value is -1.09. The second-order valence-electron chi connectivity index (χ2n) is 3.75. The predicted molar refractivity (Wildman–Crippen MR) is 65.5 cm³/mol. The van der Waals surface area contributed by atoms with E-state index in [2.05, 4.69) is 64.5 Å². The molecule has 0 aromatic carbocycles. The summed E-state index contributed by atoms with van der Waals surface area (Å²) in [6.07, 6.45) is 1.83. The highest BCUT2D eigenvalue weighted by molar-refractivity contribution is 9.10. The molecule has 0 fully saturated rings. The SMILES string of the molecule is Cc1cc(Br)cnc1-n1c(C)ccc1C. The maximum Gasteiger partial charge on any atom is 0.139 e. The lowest BCUT2D eigenvalue weighted by Gasteiger charge is -2.11. The van der Waals surface area contributed by atoms with Gasteiger partial charge < -0.3 is 4.57 Å². The van der Waals surface area contributed by atoms with E-state index >= 15 is 0 Å². The summed E-state index contributed by atoms with van der Waals surface area (Å²) in [5.41, 5.74) is 3.60. The lowest BCUT2D eigenvalue weighted by atomic mass is 10.3. The van der Waals surface area contributed by atoms with Gasteiger partial charge in [0.05, 0.1) is 0 Å². The molecule has 78 valence electrons. The highest BCUT2D eigenvalue weighted by atomic mass is 79.9. The Morgan fingerprint density at radius 1 is 1.13 bits per heavy atom. The fraction of sp³-hybridized carbons (Fsp3) is 0.250. The summed E-state index contributed by atoms with van der Waals surface area (Å²) in [7, 11) is 0. The first kappa shape index (κ1) is 10.4. The first-order chi connectivity index (χ1) is 7.09. The van der Waals surface area contributed by atoms with Crippen molar-refractivity contribution in [3.63, 3.8) is 0 Å². The van der Waals surface area contributed by atoms with Crippen LogP contribution in [0.5, 0.6) is 0 Å². The normalized spacial score (nSPS) is 10.7. The number of aryl methyl sites for hydroxylation is 3. The fourth-order valence-electron chi connectivity index (χ4n) is 1.77. The molecule has 15 heavy (non-hydrogen) atoms. The van der Waals surface area contributed by atoms with Gasteiger partial charge in [-0.3, -0.25) is 0 Å². The molecule has 0 aliphatic carbocycles. The van der Waals surface area contributed by atoms with Crippen LogP contribution >= 0.6 is 15.9 Å². The molecule has 0 spiro atoms. The average molecular weight is 265 g/mol. The summed E-state index contributed by atoms with van der Waals surface area (Å²) in [5, 5.41) is 0. The van der Waals surface area contributed by atoms with E-state index in [1.807, 2.05) is 6.20 Å². The number of pyridine rings is 1. The fourth-order valence-corrected chi connectivity index (χ4v) is 2.22. The Bertz CT molecular complexity index is 481. The number of halogens is 1. The Kier molecular flexibility index (Phi) is 2.65. The van der Waals surface area contributed by atoms with Crippen LogP contribution in [0.2, 0.25) is 0 Å². The van der Waals surface area contributed by atoms with Gasteiger partial charge in [-0.1, -0.05) is 0 Å². The highest BCUT2D eigenvalue weighted by Gasteiger charge is 2.07. The van der Waals surface area contributed by atoms with E-state index in [1.54, 1.807) is 0 Å². The van der Waals surface area contributed by atoms with E-state index in [0.717, 1.165) is 10.3 Å². The summed E-state index contributed by atoms with van der Waals surface area (Å²) in [6.45, 7) is 6.26. The van der Waals surface area contributed by atoms with Crippen molar-refractivity contribution in [1.82, 2.24) is 9.55 Å². The van der Waals surface area contributed by atoms with Crippen molar-refractivity contribution in [2.75, 3.05) is 0 Å². The number of hydrogen-bond donors (Lipinski definition) is 0. The molecule has 0 N–H and O–H groups in total. The number of aromatic nitrogens is 2. The Morgan fingerprint density at radius 2 is 1.73 bits per heavy atom. The molecule has 0 amide bonds. The van der Waals surface area contributed by atoms with Gasteiger partial charge in [0.15, 0.2) is 0 Å². The third-order valence-corrected chi connectivity index (χ3v) is 2.93. The standard InChI is InChI=1S/C12H13BrN2/c1-8-6-11(13)7-14-12(8)15-9(2)4-5-10(15)3/h4-7H,1-3H3. The monoisotopic (exact) mass is 264 g/mol. The summed E-state index contributed by atoms with van der Waals surface area (Å²) < 4.78 is 3.19. The molecule has 0 radical (unpaired) electrons. The highest BCUT2D eigenvalue weighted by Crippen LogP contribution is 2.20. The van der Waals surface area contributed by atoms with Gasteiger partial charge in [-0.25, -0.2) is 4.98 Å². The van der Waals surface area contributed by atoms with E-state index < -0.39 is 0 Å². The first-order valence-electron chi connectivity index (χ1n) is 4.87. The Morgan fingerprint density at radius 3 is 2.27 bits per heavy atom. The molecule has 0 atom stereocenters. The van der Waals surface area contributed by atoms with Crippen molar-refractivity contribution < 1.29 is 0 Å². The van der Waals surface area contributed by atoms with Gasteiger partial charge in [-0.15, -0.1) is 0 Å². The molecule has 0 aliphatic heterocycles. The van der Waals surface area contributed by atoms with Crippen LogP contribution in [0.25, 0.3) is 5.82 Å². The molecule has 0 bridgehead atoms. The number of nitrogens with zero attached hydrogens (tertiary/aromatic N) is 2. The number of rotatable bonds is 1. The van der Waals surface area contributed by atoms with E-state index in [1.165, 1.54) is 17.0 Å². The van der Waals surface area contributed by atoms with Gasteiger partial charge >= 0.3 is 0 Å². The molecule has 0 unspecified atom stereocenters. The van der Waals surface area contributed by atoms with Crippen LogP contribution in [-0.2, 0) is 0 Å². The summed E-state index contributed by atoms with van der Waals surface area (Å²) in [4.78, 5) is 4.46. The zero-order valence-corrected chi connectivity index (χ0v) is 10.7. The van der Waals surface area contributed by atoms with Crippen LogP contribution in [0, 0.1) is 20.8 Å². The van der Waals surface area contributed by atoms with Gasteiger partial charge in [0, 0.05) is 22.1 Å². The van der Waals surface area contributed by atoms with Crippen LogP contribution in [0.4, 0.5) is 0 Å². The Balaban J connectivity index is 2.64. The molecule has 2 rings (SSSR count). The molecule has 2 aromatic heterocycles. The molecule has 0 aliphatic rings. The maximum atomic E-state index is 4.46. The van der Waals surface area contributed by atoms with E-state index in [-0.39, 0.29) is 0 Å². The topological polar surface area (TPSA) is 17.8 Å². The van der Waals surface area contributed by atoms with Crippen molar-refractivity contribution in [1.29, 1.82) is 0 Å². The van der Waals surface area contributed by atoms with Gasteiger partial charge in [0.2, 0.25) is 0 Å². The summed E-state index contributed by atoms with van der Waals surface area (Å²) >= 11 is 3.42. The zero-order chi connectivity index (χ0) is 11.0. The minimum atomic E-state index is 1.01. The molecular weight excluding hydrogens is 252 g/mol. The molecule has 2 heterocycles. The zero-order valence-electron chi connectivity index (χ0n) is 9.08. The van der Waals surface area contributed by atoms with Gasteiger partial charge in [0.25, 0.3) is 0 Å². The van der Waals surface area contributed by atoms with Crippen molar-refractivity contribution >= 4 is 15.9 Å². The lowest BCUT2D eigenvalue weighted by molar-refractivity contribution is 0.908. The predicted octanol–water partition coefficient (Wildman–Crippen LogP) is 3.56. The summed E-state index contributed by atoms with van der Waals surface area (Å²) in [5.74, 6) is 1.01. The van der Waals surface area contributed by atoms with Crippen molar-refractivity contribution in [3.05, 3.63) is 45.8 Å². The largest absolute Gasteiger partial charge is 0.303 e. The van der Waals surface area contributed by atoms with E-state index in [9.17, 15) is 0 Å². The second-order valence-corrected chi connectivity index (χ2v) is 4.66. The molecule has 0 saturated carbocycles. The summed E-state index contributed by atoms with van der Waals surface area (Å²) in [6, 6.07) is 6.30. The molecule has 0 saturated heterocycles. The number of hydrogen-bond acceptors (Lipinski definition) is 1. The van der Waals surface area contributed by atoms with Gasteiger partial charge in [0.1, 0.15) is 5.82 Å². The van der Waals surface area contributed by atoms with E-state index in [0.29, 0.717) is 0 Å². The van der Waals surface area contributed by atoms with Crippen LogP contribution < -0.4 is 0 Å². The average Bonchev–Trinajstić information content (AvgIpc) is 2.48. The maximum absolute atomic E-state index is 4.46. The minimum absolute atomic E-state index is 1.01. The van der Waals surface area contributed by atoms with Crippen LogP contribution in [0.15, 0.2) is 28.9 Å². The van der Waals surface area contributed by atoms with Crippen molar-refractivity contribution in [2.45, 2.75) is 20.8 Å². The van der Waals surface area contributed by atoms with Gasteiger partial charge in [-0.2, -0.15) is 0 Å².